The molecule has 2 aromatic rings. The molecule has 0 aromatic heterocycles. The summed E-state index contributed by atoms with van der Waals surface area (Å²) in [5, 5.41) is 0. The van der Waals surface area contributed by atoms with Crippen molar-refractivity contribution in [1.29, 1.82) is 0 Å². The van der Waals surface area contributed by atoms with Gasteiger partial charge in [0.2, 0.25) is 0 Å². The summed E-state index contributed by atoms with van der Waals surface area (Å²) in [4.78, 5) is 11.7. The van der Waals surface area contributed by atoms with Crippen molar-refractivity contribution < 1.29 is 14.3 Å². The Morgan fingerprint density at radius 3 is 2.45 bits per heavy atom. The van der Waals surface area contributed by atoms with Crippen molar-refractivity contribution in [2.24, 2.45) is 0 Å². The number of para-hydroxylation sites is 1. The van der Waals surface area contributed by atoms with Crippen molar-refractivity contribution in [3.63, 3.8) is 0 Å². The highest BCUT2D eigenvalue weighted by Crippen LogP contribution is 2.30. The zero-order valence-corrected chi connectivity index (χ0v) is 11.8. The van der Waals surface area contributed by atoms with Gasteiger partial charge in [-0.2, -0.15) is 0 Å². The first-order valence-corrected chi connectivity index (χ1v) is 6.25. The second-order valence-electron chi connectivity index (χ2n) is 4.56. The Morgan fingerprint density at radius 1 is 1.10 bits per heavy atom. The van der Waals surface area contributed by atoms with Gasteiger partial charge in [-0.05, 0) is 43.2 Å². The summed E-state index contributed by atoms with van der Waals surface area (Å²) in [5.74, 6) is 0.833. The molecule has 4 heteroatoms. The van der Waals surface area contributed by atoms with Gasteiger partial charge in [-0.1, -0.05) is 18.2 Å². The van der Waals surface area contributed by atoms with Crippen LogP contribution in [0.25, 0.3) is 0 Å². The third-order valence-corrected chi connectivity index (χ3v) is 3.09. The number of nitrogens with two attached hydrogens (primary N) is 1. The first kappa shape index (κ1) is 13.9. The molecule has 0 spiro atoms. The van der Waals surface area contributed by atoms with Crippen LogP contribution in [-0.2, 0) is 4.74 Å². The molecule has 0 atom stereocenters. The third kappa shape index (κ3) is 2.74. The van der Waals surface area contributed by atoms with Crippen LogP contribution in [0.1, 0.15) is 21.5 Å². The smallest absolute Gasteiger partial charge is 0.340 e. The molecule has 104 valence electrons. The normalized spacial score (nSPS) is 10.2. The molecule has 0 saturated heterocycles. The molecule has 20 heavy (non-hydrogen) atoms. The second-order valence-corrected chi connectivity index (χ2v) is 4.56. The maximum absolute atomic E-state index is 11.7. The summed E-state index contributed by atoms with van der Waals surface area (Å²) in [5.41, 5.74) is 8.41. The lowest BCUT2D eigenvalue weighted by molar-refractivity contribution is 0.0601. The van der Waals surface area contributed by atoms with Crippen LogP contribution < -0.4 is 10.5 Å². The molecule has 0 aliphatic carbocycles. The average molecular weight is 271 g/mol. The van der Waals surface area contributed by atoms with Crippen LogP contribution in [0.15, 0.2) is 36.4 Å². The number of anilines is 1. The summed E-state index contributed by atoms with van der Waals surface area (Å²) in [7, 11) is 1.33. The number of benzene rings is 2. The zero-order chi connectivity index (χ0) is 14.7. The summed E-state index contributed by atoms with van der Waals surface area (Å²) in [6, 6.07) is 11.1. The van der Waals surface area contributed by atoms with E-state index in [1.54, 1.807) is 12.1 Å². The molecule has 0 aliphatic rings. The average Bonchev–Trinajstić information content (AvgIpc) is 2.44. The number of methoxy groups -OCH3 is 1. The molecular formula is C16H17NO3. The third-order valence-electron chi connectivity index (χ3n) is 3.09. The van der Waals surface area contributed by atoms with Crippen molar-refractivity contribution in [3.05, 3.63) is 53.1 Å². The number of esters is 1. The minimum atomic E-state index is -0.471. The largest absolute Gasteiger partial charge is 0.465 e. The number of ether oxygens (including phenoxy) is 2. The first-order chi connectivity index (χ1) is 9.52. The molecule has 0 bridgehead atoms. The van der Waals surface area contributed by atoms with Gasteiger partial charge in [0.25, 0.3) is 0 Å². The summed E-state index contributed by atoms with van der Waals surface area (Å²) in [6.07, 6.45) is 0. The molecule has 0 fully saturated rings. The Morgan fingerprint density at radius 2 is 1.80 bits per heavy atom. The van der Waals surface area contributed by atoms with Crippen LogP contribution >= 0.6 is 0 Å². The molecular weight excluding hydrogens is 254 g/mol. The van der Waals surface area contributed by atoms with E-state index in [4.69, 9.17) is 15.2 Å². The number of nitrogen functional groups attached to an aromatic ring is 1. The van der Waals surface area contributed by atoms with E-state index in [2.05, 4.69) is 0 Å². The summed E-state index contributed by atoms with van der Waals surface area (Å²) in [6.45, 7) is 3.78. The van der Waals surface area contributed by atoms with Crippen molar-refractivity contribution in [2.45, 2.75) is 13.8 Å². The molecule has 0 unspecified atom stereocenters. The van der Waals surface area contributed by atoms with Gasteiger partial charge in [-0.25, -0.2) is 4.79 Å². The number of carbonyl (C=O) groups excluding carboxylic acids is 1. The highest BCUT2D eigenvalue weighted by atomic mass is 16.5. The van der Waals surface area contributed by atoms with Crippen molar-refractivity contribution >= 4 is 11.7 Å². The first-order valence-electron chi connectivity index (χ1n) is 6.25. The minimum Gasteiger partial charge on any atom is -0.465 e. The lowest BCUT2D eigenvalue weighted by Crippen LogP contribution is -2.07. The van der Waals surface area contributed by atoms with Crippen LogP contribution in [0.5, 0.6) is 11.5 Å². The quantitative estimate of drug-likeness (QED) is 0.686. The lowest BCUT2D eigenvalue weighted by atomic mass is 10.1. The Labute approximate surface area is 118 Å². The van der Waals surface area contributed by atoms with Crippen molar-refractivity contribution in [1.82, 2.24) is 0 Å². The fourth-order valence-corrected chi connectivity index (χ4v) is 1.90. The SMILES string of the molecule is COC(=O)c1cc(Oc2ccccc2C)cc(C)c1N. The van der Waals surface area contributed by atoms with Gasteiger partial charge < -0.3 is 15.2 Å². The van der Waals surface area contributed by atoms with E-state index in [1.807, 2.05) is 38.1 Å². The molecule has 0 aliphatic heterocycles. The minimum absolute atomic E-state index is 0.316. The maximum atomic E-state index is 11.7. The predicted octanol–water partition coefficient (Wildman–Crippen LogP) is 3.46. The molecule has 2 rings (SSSR count). The van der Waals surface area contributed by atoms with Crippen LogP contribution in [0.3, 0.4) is 0 Å². The van der Waals surface area contributed by atoms with Crippen LogP contribution in [0, 0.1) is 13.8 Å². The van der Waals surface area contributed by atoms with Crippen LogP contribution in [0.4, 0.5) is 5.69 Å². The van der Waals surface area contributed by atoms with Crippen molar-refractivity contribution in [3.8, 4) is 11.5 Å². The van der Waals surface area contributed by atoms with Gasteiger partial charge >= 0.3 is 5.97 Å². The number of hydrogen-bond acceptors (Lipinski definition) is 4. The number of rotatable bonds is 3. The molecule has 4 nitrogen and oxygen atoms in total. The van der Waals surface area contributed by atoms with Crippen molar-refractivity contribution in [2.75, 3.05) is 12.8 Å². The Hall–Kier alpha value is -2.49. The lowest BCUT2D eigenvalue weighted by Gasteiger charge is -2.12. The van der Waals surface area contributed by atoms with E-state index in [0.29, 0.717) is 17.0 Å². The van der Waals surface area contributed by atoms with Gasteiger partial charge in [0.05, 0.1) is 12.7 Å². The molecule has 2 aromatic carbocycles. The van der Waals surface area contributed by atoms with E-state index in [9.17, 15) is 4.79 Å². The fraction of sp³-hybridized carbons (Fsp3) is 0.188. The van der Waals surface area contributed by atoms with Gasteiger partial charge in [0.1, 0.15) is 11.5 Å². The Kier molecular flexibility index (Phi) is 3.94. The summed E-state index contributed by atoms with van der Waals surface area (Å²) >= 11 is 0. The zero-order valence-electron chi connectivity index (χ0n) is 11.8. The van der Waals surface area contributed by atoms with Crippen LogP contribution in [-0.4, -0.2) is 13.1 Å². The number of carbonyl (C=O) groups is 1. The van der Waals surface area contributed by atoms with E-state index in [0.717, 1.165) is 16.9 Å². The molecule has 2 N–H and O–H groups in total. The molecule has 0 heterocycles. The van der Waals surface area contributed by atoms with Gasteiger partial charge in [0, 0.05) is 5.69 Å². The Bertz CT molecular complexity index is 650. The number of hydrogen-bond donors (Lipinski definition) is 1. The van der Waals surface area contributed by atoms with Gasteiger partial charge in [0.15, 0.2) is 0 Å². The molecule has 0 amide bonds. The fourth-order valence-electron chi connectivity index (χ4n) is 1.90. The Balaban J connectivity index is 2.41. The maximum Gasteiger partial charge on any atom is 0.340 e. The van der Waals surface area contributed by atoms with E-state index < -0.39 is 5.97 Å². The molecule has 0 saturated carbocycles. The van der Waals surface area contributed by atoms with E-state index >= 15 is 0 Å². The predicted molar refractivity (Wildman–Crippen MR) is 78.2 cm³/mol. The van der Waals surface area contributed by atoms with Gasteiger partial charge in [-0.3, -0.25) is 0 Å². The second kappa shape index (κ2) is 5.65. The monoisotopic (exact) mass is 271 g/mol. The molecule has 0 radical (unpaired) electrons. The van der Waals surface area contributed by atoms with Gasteiger partial charge in [-0.15, -0.1) is 0 Å². The van der Waals surface area contributed by atoms with Crippen LogP contribution in [0.2, 0.25) is 0 Å². The summed E-state index contributed by atoms with van der Waals surface area (Å²) < 4.78 is 10.5. The highest BCUT2D eigenvalue weighted by molar-refractivity contribution is 5.96. The standard InChI is InChI=1S/C16H17NO3/c1-10-6-4-5-7-14(10)20-12-8-11(2)15(17)13(9-12)16(18)19-3/h4-9H,17H2,1-3H3. The number of aryl methyl sites for hydroxylation is 2. The van der Waals surface area contributed by atoms with E-state index in [1.165, 1.54) is 7.11 Å². The topological polar surface area (TPSA) is 61.5 Å². The van der Waals surface area contributed by atoms with E-state index in [-0.39, 0.29) is 0 Å². The highest BCUT2D eigenvalue weighted by Gasteiger charge is 2.14.